The van der Waals surface area contributed by atoms with Crippen molar-refractivity contribution in [2.75, 3.05) is 33.0 Å². The monoisotopic (exact) mass is 776 g/mol. The molecule has 0 aliphatic rings. The molecule has 0 bridgehead atoms. The van der Waals surface area contributed by atoms with Crippen molar-refractivity contribution in [3.8, 4) is 0 Å². The van der Waals surface area contributed by atoms with Gasteiger partial charge in [-0.1, -0.05) is 150 Å². The molecule has 0 aromatic rings. The molecule has 0 aliphatic heterocycles. The van der Waals surface area contributed by atoms with Gasteiger partial charge in [0.15, 0.2) is 0 Å². The highest BCUT2D eigenvalue weighted by Crippen LogP contribution is 2.43. The van der Waals surface area contributed by atoms with Gasteiger partial charge in [0.25, 0.3) is 0 Å². The Kier molecular flexibility index (Phi) is 40.0. The summed E-state index contributed by atoms with van der Waals surface area (Å²) in [5, 5.41) is 0. The predicted molar refractivity (Wildman–Crippen MR) is 228 cm³/mol. The third-order valence-electron chi connectivity index (χ3n) is 8.30. The number of unbranched alkanes of at least 4 members (excludes halogenated alkanes) is 12. The van der Waals surface area contributed by atoms with Crippen LogP contribution in [-0.2, 0) is 27.9 Å². The minimum absolute atomic E-state index is 0.0844. The molecule has 0 saturated heterocycles. The fourth-order valence-corrected chi connectivity index (χ4v) is 6.00. The van der Waals surface area contributed by atoms with Crippen molar-refractivity contribution in [2.45, 2.75) is 161 Å². The molecule has 0 radical (unpaired) electrons. The number of carbonyl (C=O) groups excluding carboxylic acids is 1. The summed E-state index contributed by atoms with van der Waals surface area (Å²) in [6, 6.07) is 0. The topological polar surface area (TPSA) is 117 Å². The lowest BCUT2D eigenvalue weighted by molar-refractivity contribution is -0.154. The summed E-state index contributed by atoms with van der Waals surface area (Å²) in [6.45, 7) is 4.67. The van der Waals surface area contributed by atoms with Crippen LogP contribution in [0.25, 0.3) is 0 Å². The number of allylic oxidation sites excluding steroid dienone is 14. The average Bonchev–Trinajstić information content (AvgIpc) is 3.16. The van der Waals surface area contributed by atoms with Crippen LogP contribution in [0.4, 0.5) is 0 Å². The zero-order valence-corrected chi connectivity index (χ0v) is 35.1. The van der Waals surface area contributed by atoms with Crippen LogP contribution in [-0.4, -0.2) is 49.9 Å². The lowest BCUT2D eigenvalue weighted by Gasteiger charge is -2.20. The molecule has 0 amide bonds. The summed E-state index contributed by atoms with van der Waals surface area (Å²) in [5.41, 5.74) is 5.36. The van der Waals surface area contributed by atoms with Gasteiger partial charge in [-0.15, -0.1) is 0 Å². The van der Waals surface area contributed by atoms with E-state index in [1.165, 1.54) is 70.6 Å². The van der Waals surface area contributed by atoms with E-state index in [-0.39, 0.29) is 32.8 Å². The van der Waals surface area contributed by atoms with Gasteiger partial charge in [-0.3, -0.25) is 13.8 Å². The predicted octanol–water partition coefficient (Wildman–Crippen LogP) is 12.5. The highest BCUT2D eigenvalue weighted by molar-refractivity contribution is 7.47. The van der Waals surface area contributed by atoms with E-state index in [1.807, 2.05) is 0 Å². The highest BCUT2D eigenvalue weighted by Gasteiger charge is 2.25. The molecule has 310 valence electrons. The van der Waals surface area contributed by atoms with E-state index in [0.29, 0.717) is 13.0 Å². The summed E-state index contributed by atoms with van der Waals surface area (Å²) in [4.78, 5) is 22.4. The maximum absolute atomic E-state index is 12.6. The van der Waals surface area contributed by atoms with Gasteiger partial charge in [0, 0.05) is 19.6 Å². The molecule has 0 fully saturated rings. The van der Waals surface area contributed by atoms with Gasteiger partial charge in [-0.25, -0.2) is 4.57 Å². The zero-order valence-electron chi connectivity index (χ0n) is 34.2. The van der Waals surface area contributed by atoms with E-state index in [4.69, 9.17) is 24.3 Å². The molecule has 3 N–H and O–H groups in total. The average molecular weight is 776 g/mol. The van der Waals surface area contributed by atoms with Crippen molar-refractivity contribution < 1.29 is 32.8 Å². The van der Waals surface area contributed by atoms with Crippen LogP contribution in [0.1, 0.15) is 155 Å². The summed E-state index contributed by atoms with van der Waals surface area (Å²) in [6.07, 6.45) is 53.2. The Morgan fingerprint density at radius 1 is 0.574 bits per heavy atom. The Morgan fingerprint density at radius 2 is 1.04 bits per heavy atom. The first kappa shape index (κ1) is 51.7. The first-order valence-corrected chi connectivity index (χ1v) is 22.6. The number of phosphoric ester groups is 1. The van der Waals surface area contributed by atoms with Crippen molar-refractivity contribution in [1.82, 2.24) is 0 Å². The van der Waals surface area contributed by atoms with Crippen LogP contribution in [0.3, 0.4) is 0 Å². The van der Waals surface area contributed by atoms with Crippen LogP contribution in [0, 0.1) is 0 Å². The zero-order chi connectivity index (χ0) is 39.5. The van der Waals surface area contributed by atoms with E-state index in [1.54, 1.807) is 0 Å². The first-order chi connectivity index (χ1) is 26.4. The Bertz CT molecular complexity index is 1100. The van der Waals surface area contributed by atoms with Crippen LogP contribution >= 0.6 is 7.82 Å². The molecular weight excluding hydrogens is 697 g/mol. The van der Waals surface area contributed by atoms with Crippen molar-refractivity contribution in [1.29, 1.82) is 0 Å². The lowest BCUT2D eigenvalue weighted by atomic mass is 10.1. The van der Waals surface area contributed by atoms with Gasteiger partial charge in [-0.05, 0) is 83.5 Å². The van der Waals surface area contributed by atoms with E-state index in [9.17, 15) is 14.3 Å². The molecule has 0 spiro atoms. The van der Waals surface area contributed by atoms with E-state index < -0.39 is 19.9 Å². The molecule has 2 atom stereocenters. The normalized spacial score (nSPS) is 14.4. The molecule has 0 rings (SSSR count). The van der Waals surface area contributed by atoms with Crippen molar-refractivity contribution in [2.24, 2.45) is 5.73 Å². The number of nitrogens with two attached hydrogens (primary N) is 1. The number of hydrogen-bond acceptors (Lipinski definition) is 7. The van der Waals surface area contributed by atoms with Crippen LogP contribution < -0.4 is 5.73 Å². The Morgan fingerprint density at radius 3 is 1.56 bits per heavy atom. The Balaban J connectivity index is 4.17. The molecule has 0 aliphatic carbocycles. The van der Waals surface area contributed by atoms with Crippen LogP contribution in [0.5, 0.6) is 0 Å². The third-order valence-corrected chi connectivity index (χ3v) is 9.28. The summed E-state index contributed by atoms with van der Waals surface area (Å²) < 4.78 is 33.3. The first-order valence-electron chi connectivity index (χ1n) is 21.1. The second kappa shape index (κ2) is 41.8. The minimum Gasteiger partial charge on any atom is -0.457 e. The fraction of sp³-hybridized carbons (Fsp3) is 0.667. The molecule has 54 heavy (non-hydrogen) atoms. The number of carbonyl (C=O) groups is 1. The molecular formula is C45H78NO7P. The number of rotatable bonds is 39. The van der Waals surface area contributed by atoms with E-state index >= 15 is 0 Å². The Hall–Kier alpha value is -2.32. The molecule has 9 heteroatoms. The number of hydrogen-bond donors (Lipinski definition) is 2. The van der Waals surface area contributed by atoms with Crippen molar-refractivity contribution in [3.05, 3.63) is 85.1 Å². The van der Waals surface area contributed by atoms with E-state index in [0.717, 1.165) is 57.8 Å². The molecule has 8 nitrogen and oxygen atoms in total. The molecule has 2 unspecified atom stereocenters. The molecule has 0 aromatic carbocycles. The summed E-state index contributed by atoms with van der Waals surface area (Å²) in [7, 11) is -4.30. The largest absolute Gasteiger partial charge is 0.472 e. The molecule has 0 heterocycles. The van der Waals surface area contributed by atoms with E-state index in [2.05, 4.69) is 98.9 Å². The third kappa shape index (κ3) is 40.9. The quantitative estimate of drug-likeness (QED) is 0.0274. The van der Waals surface area contributed by atoms with Gasteiger partial charge >= 0.3 is 13.8 Å². The highest BCUT2D eigenvalue weighted by atomic mass is 31.2. The smallest absolute Gasteiger partial charge is 0.457 e. The van der Waals surface area contributed by atoms with Gasteiger partial charge in [0.1, 0.15) is 6.10 Å². The molecule has 0 aromatic heterocycles. The lowest BCUT2D eigenvalue weighted by Crippen LogP contribution is -2.28. The SMILES string of the molecule is CC/C=C\C/C=C\C/C=C\C/C=C\C/C=C\CCCC(=O)OC(COCCCCCCCCCC/C=C\C/C=C\CCCCC)COP(=O)(O)OCCN. The molecule has 0 saturated carbocycles. The van der Waals surface area contributed by atoms with Gasteiger partial charge in [0.2, 0.25) is 0 Å². The number of phosphoric acid groups is 1. The van der Waals surface area contributed by atoms with Crippen molar-refractivity contribution in [3.63, 3.8) is 0 Å². The number of ether oxygens (including phenoxy) is 2. The standard InChI is InChI=1S/C45H78NO7P/c1-3-5-7-9-11-13-15-17-19-21-23-25-27-29-31-33-35-37-40-50-42-44(43-52-54(48,49)51-41-39-46)53-45(47)38-36-34-32-30-28-26-24-22-20-18-16-14-12-10-8-6-4-2/h6,8,11-14,17-20,24,26,30,32,44H,3-5,7,9-10,15-16,21-23,25,27-29,31,33-43,46H2,1-2H3,(H,48,49)/b8-6-,13-11-,14-12-,19-17-,20-18-,26-24-,32-30-. The number of esters is 1. The van der Waals surface area contributed by atoms with Gasteiger partial charge in [0.05, 0.1) is 19.8 Å². The van der Waals surface area contributed by atoms with Crippen LogP contribution in [0.15, 0.2) is 85.1 Å². The van der Waals surface area contributed by atoms with Gasteiger partial charge < -0.3 is 20.1 Å². The van der Waals surface area contributed by atoms with Crippen molar-refractivity contribution >= 4 is 13.8 Å². The minimum atomic E-state index is -4.30. The fourth-order valence-electron chi connectivity index (χ4n) is 5.24. The van der Waals surface area contributed by atoms with Gasteiger partial charge in [-0.2, -0.15) is 0 Å². The maximum Gasteiger partial charge on any atom is 0.472 e. The maximum atomic E-state index is 12.6. The Labute approximate surface area is 330 Å². The summed E-state index contributed by atoms with van der Waals surface area (Å²) in [5.74, 6) is -0.392. The second-order valence-corrected chi connectivity index (χ2v) is 14.9. The second-order valence-electron chi connectivity index (χ2n) is 13.5. The van der Waals surface area contributed by atoms with Crippen LogP contribution in [0.2, 0.25) is 0 Å². The summed E-state index contributed by atoms with van der Waals surface area (Å²) >= 11 is 0.